The summed E-state index contributed by atoms with van der Waals surface area (Å²) in [5.74, 6) is -3.79. The minimum Gasteiger partial charge on any atom is -0.459 e. The number of nitrogens with two attached hydrogens (primary N) is 1. The van der Waals surface area contributed by atoms with Gasteiger partial charge in [0, 0.05) is 56.2 Å². The summed E-state index contributed by atoms with van der Waals surface area (Å²) in [4.78, 5) is 30.2. The van der Waals surface area contributed by atoms with Gasteiger partial charge >= 0.3 is 5.97 Å². The average molecular weight is 1000 g/mol. The summed E-state index contributed by atoms with van der Waals surface area (Å²) in [6, 6.07) is 7.09. The lowest BCUT2D eigenvalue weighted by Gasteiger charge is -2.50. The number of methoxy groups -OCH3 is 2. The van der Waals surface area contributed by atoms with Crippen LogP contribution >= 0.6 is 0 Å². The van der Waals surface area contributed by atoms with E-state index in [1.807, 2.05) is 32.8 Å². The number of aliphatic hydroxyl groups is 4. The zero-order chi connectivity index (χ0) is 52.1. The monoisotopic (exact) mass is 1000 g/mol. The Morgan fingerprint density at radius 3 is 2.04 bits per heavy atom. The minimum atomic E-state index is -3.64. The van der Waals surface area contributed by atoms with Crippen molar-refractivity contribution in [3.8, 4) is 0 Å². The van der Waals surface area contributed by atoms with Crippen molar-refractivity contribution in [2.75, 3.05) is 38.8 Å². The highest BCUT2D eigenvalue weighted by molar-refractivity contribution is 7.92. The number of esters is 1. The smallest absolute Gasteiger partial charge is 0.311 e. The largest absolute Gasteiger partial charge is 0.459 e. The fourth-order valence-electron chi connectivity index (χ4n) is 9.84. The fraction of sp³-hybridized carbons (Fsp3) is 0.771. The number of hydrogen-bond acceptors (Lipinski definition) is 19. The maximum atomic E-state index is 14.2. The number of aliphatic hydroxyl groups excluding tert-OH is 3. The van der Waals surface area contributed by atoms with Gasteiger partial charge in [0.2, 0.25) is 0 Å². The van der Waals surface area contributed by atoms with E-state index in [1.165, 1.54) is 51.5 Å². The Morgan fingerprint density at radius 1 is 0.899 bits per heavy atom. The first-order chi connectivity index (χ1) is 32.0. The van der Waals surface area contributed by atoms with Crippen molar-refractivity contribution in [3.05, 3.63) is 36.1 Å². The number of aryl methyl sites for hydroxylation is 1. The van der Waals surface area contributed by atoms with Crippen molar-refractivity contribution < 1.29 is 76.1 Å². The van der Waals surface area contributed by atoms with E-state index in [0.29, 0.717) is 17.9 Å². The van der Waals surface area contributed by atoms with Gasteiger partial charge in [-0.15, -0.1) is 0 Å². The molecule has 18 atom stereocenters. The third-order valence-corrected chi connectivity index (χ3v) is 15.7. The van der Waals surface area contributed by atoms with Crippen molar-refractivity contribution in [2.45, 2.75) is 191 Å². The first-order valence-corrected chi connectivity index (χ1v) is 25.2. The first-order valence-electron chi connectivity index (χ1n) is 23.7. The Labute approximate surface area is 407 Å². The van der Waals surface area contributed by atoms with E-state index >= 15 is 0 Å². The molecule has 1 aromatic heterocycles. The third kappa shape index (κ3) is 13.6. The molecule has 0 bridgehead atoms. The predicted octanol–water partition coefficient (Wildman–Crippen LogP) is 3.81. The van der Waals surface area contributed by atoms with E-state index < -0.39 is 112 Å². The summed E-state index contributed by atoms with van der Waals surface area (Å²) in [6.45, 7) is 18.7. The van der Waals surface area contributed by atoms with Gasteiger partial charge in [0.1, 0.15) is 35.5 Å². The van der Waals surface area contributed by atoms with Crippen LogP contribution in [0.15, 0.2) is 39.8 Å². The van der Waals surface area contributed by atoms with Gasteiger partial charge in [0.15, 0.2) is 18.4 Å². The molecule has 3 fully saturated rings. The molecule has 0 amide bonds. The van der Waals surface area contributed by atoms with Crippen LogP contribution in [0.5, 0.6) is 0 Å². The topological polar surface area (TPSA) is 281 Å². The minimum absolute atomic E-state index is 0.111. The molecule has 0 aliphatic carbocycles. The maximum Gasteiger partial charge on any atom is 0.311 e. The molecule has 20 nitrogen and oxygen atoms in total. The van der Waals surface area contributed by atoms with Gasteiger partial charge in [-0.05, 0) is 106 Å². The number of Topliss-reactive ketones (excluding diaryl/α,β-unsaturated/α-hetero) is 1. The number of likely N-dealkylation sites (N-methyl/N-ethyl adjacent to an activating group) is 1. The predicted molar refractivity (Wildman–Crippen MR) is 254 cm³/mol. The zero-order valence-electron chi connectivity index (χ0n) is 42.9. The van der Waals surface area contributed by atoms with Gasteiger partial charge < -0.3 is 68.7 Å². The molecule has 1 aromatic carbocycles. The molecule has 3 aliphatic rings. The summed E-state index contributed by atoms with van der Waals surface area (Å²) in [7, 11) is 3.12. The summed E-state index contributed by atoms with van der Waals surface area (Å²) in [5, 5.41) is 49.1. The molecule has 394 valence electrons. The number of rotatable bonds is 11. The van der Waals surface area contributed by atoms with E-state index in [2.05, 4.69) is 9.88 Å². The summed E-state index contributed by atoms with van der Waals surface area (Å²) in [5.41, 5.74) is 1.74. The highest BCUT2D eigenvalue weighted by atomic mass is 32.2. The molecule has 69 heavy (non-hydrogen) atoms. The molecule has 2 aromatic rings. The maximum absolute atomic E-state index is 14.2. The Hall–Kier alpha value is -3.32. The van der Waals surface area contributed by atoms with Gasteiger partial charge in [-0.2, -0.15) is 0 Å². The van der Waals surface area contributed by atoms with E-state index in [1.54, 1.807) is 55.4 Å². The van der Waals surface area contributed by atoms with Crippen LogP contribution in [0.3, 0.4) is 0 Å². The Morgan fingerprint density at radius 2 is 1.51 bits per heavy atom. The average Bonchev–Trinajstić information content (AvgIpc) is 3.70. The molecule has 4 heterocycles. The van der Waals surface area contributed by atoms with Crippen molar-refractivity contribution in [1.82, 2.24) is 10.1 Å². The van der Waals surface area contributed by atoms with E-state index in [0.717, 1.165) is 0 Å². The van der Waals surface area contributed by atoms with Crippen molar-refractivity contribution in [1.29, 1.82) is 0 Å². The van der Waals surface area contributed by atoms with Crippen LogP contribution in [-0.4, -0.2) is 163 Å². The Kier molecular flexibility index (Phi) is 19.8. The van der Waals surface area contributed by atoms with Crippen LogP contribution in [-0.2, 0) is 52.8 Å². The van der Waals surface area contributed by atoms with Crippen LogP contribution in [0.25, 0.3) is 0 Å². The number of nitrogen functional groups attached to an aromatic ring is 1. The number of sulfonamides is 1. The van der Waals surface area contributed by atoms with E-state index in [9.17, 15) is 38.4 Å². The van der Waals surface area contributed by atoms with Gasteiger partial charge in [0.25, 0.3) is 10.0 Å². The molecule has 5 rings (SSSR count). The number of benzene rings is 1. The summed E-state index contributed by atoms with van der Waals surface area (Å²) >= 11 is 0. The molecule has 21 heteroatoms. The second-order valence-electron chi connectivity index (χ2n) is 20.1. The number of nitrogens with one attached hydrogen (secondary N) is 1. The number of anilines is 2. The Bertz CT molecular complexity index is 2090. The molecule has 7 N–H and O–H groups in total. The number of carbonyl (C=O) groups excluding carboxylic acids is 2. The van der Waals surface area contributed by atoms with Crippen LogP contribution in [0.2, 0.25) is 0 Å². The quantitative estimate of drug-likeness (QED) is 0.138. The molecule has 0 radical (unpaired) electrons. The second kappa shape index (κ2) is 23.5. The fourth-order valence-corrected chi connectivity index (χ4v) is 10.8. The summed E-state index contributed by atoms with van der Waals surface area (Å²) < 4.78 is 74.7. The molecule has 3 saturated heterocycles. The Balaban J connectivity index is 0.000000507. The molecule has 3 aliphatic heterocycles. The van der Waals surface area contributed by atoms with Crippen molar-refractivity contribution in [2.24, 2.45) is 23.7 Å². The SMILES string of the molecule is CC[C@H]1OC(=O)[C@H](C)[C@@H](OC2CC(C)(OC)C(O)C(C)O2)[C@H](C)[C@@H](OC2OC(C)CC(N(C)C)C2O)[C@](C)(OC)C[C@@H](C)C(=O)[C@H](C)[C@@H](O)[C@]1(C)O.Cc1cc(NS(=O)(=O)c2ccc(N)cc2)no1. The van der Waals surface area contributed by atoms with Gasteiger partial charge in [0.05, 0.1) is 52.5 Å². The van der Waals surface area contributed by atoms with E-state index in [-0.39, 0.29) is 47.9 Å². The molecule has 0 saturated carbocycles. The lowest BCUT2D eigenvalue weighted by atomic mass is 9.74. The number of ketones is 1. The van der Waals surface area contributed by atoms with Crippen LogP contribution in [0, 0.1) is 30.6 Å². The first kappa shape index (κ1) is 58.3. The van der Waals surface area contributed by atoms with Crippen molar-refractivity contribution >= 4 is 33.3 Å². The number of carbonyl (C=O) groups is 2. The van der Waals surface area contributed by atoms with Crippen LogP contribution in [0.1, 0.15) is 101 Å². The number of cyclic esters (lactones) is 1. The summed E-state index contributed by atoms with van der Waals surface area (Å²) in [6.07, 6.45) is -8.73. The highest BCUT2D eigenvalue weighted by Gasteiger charge is 2.54. The number of hydrogen-bond donors (Lipinski definition) is 6. The van der Waals surface area contributed by atoms with Crippen molar-refractivity contribution in [3.63, 3.8) is 0 Å². The number of aromatic nitrogens is 1. The van der Waals surface area contributed by atoms with Crippen LogP contribution < -0.4 is 10.5 Å². The number of nitrogens with zero attached hydrogens (tertiary/aromatic N) is 2. The molecule has 8 unspecified atom stereocenters. The number of ether oxygens (including phenoxy) is 7. The van der Waals surface area contributed by atoms with Crippen LogP contribution in [0.4, 0.5) is 11.5 Å². The zero-order valence-corrected chi connectivity index (χ0v) is 43.8. The molecule has 0 spiro atoms. The lowest BCUT2D eigenvalue weighted by Crippen LogP contribution is -2.61. The highest BCUT2D eigenvalue weighted by Crippen LogP contribution is 2.42. The van der Waals surface area contributed by atoms with Gasteiger partial charge in [-0.3, -0.25) is 14.3 Å². The normalized spacial score (nSPS) is 39.7. The van der Waals surface area contributed by atoms with Gasteiger partial charge in [-0.1, -0.05) is 32.9 Å². The van der Waals surface area contributed by atoms with E-state index in [4.69, 9.17) is 43.4 Å². The molecular weight excluding hydrogens is 921 g/mol. The molecular formula is C48H80N4O16S. The standard InChI is InChI=1S/C38H69NO13.C10H11N3O3S/c1-15-26-38(10,45)31(42)21(4)28(40)19(2)17-37(9,47-14)33(52-35-29(41)25(39(11)12)16-20(3)48-35)22(5)30(23(6)34(44)50-26)51-27-18-36(8,46-13)32(43)24(7)49-27;1-7-6-10(12-16-7)13-17(14,15)9-4-2-8(11)3-5-9/h19-27,29-33,35,41-43,45H,15-18H2,1-14H3;2-6H,11H2,1H3,(H,12,13)/t19-,20?,21+,22+,23-,24?,25?,26-,27?,29?,30+,31-,32?,33-,35?,36?,37-,38-;/m1./s1. The second-order valence-corrected chi connectivity index (χ2v) is 21.8. The lowest BCUT2D eigenvalue weighted by molar-refractivity contribution is -0.319. The van der Waals surface area contributed by atoms with Gasteiger partial charge in [-0.25, -0.2) is 8.42 Å². The third-order valence-electron chi connectivity index (χ3n) is 14.3.